The van der Waals surface area contributed by atoms with Crippen molar-refractivity contribution in [3.05, 3.63) is 36.4 Å². The zero-order valence-corrected chi connectivity index (χ0v) is 15.1. The number of rotatable bonds is 4. The Balaban J connectivity index is 1.66. The number of morpholine rings is 1. The summed E-state index contributed by atoms with van der Waals surface area (Å²) in [5, 5.41) is 2.11. The molecule has 1 fully saturated rings. The summed E-state index contributed by atoms with van der Waals surface area (Å²) in [4.78, 5) is 2.42. The Morgan fingerprint density at radius 3 is 2.29 bits per heavy atom. The van der Waals surface area contributed by atoms with E-state index >= 15 is 0 Å². The second kappa shape index (κ2) is 6.26. The largest absolute Gasteiger partial charge is 0.492 e. The van der Waals surface area contributed by atoms with Gasteiger partial charge in [0.25, 0.3) is 0 Å². The van der Waals surface area contributed by atoms with Gasteiger partial charge in [0.15, 0.2) is 0 Å². The Morgan fingerprint density at radius 2 is 1.62 bits per heavy atom. The van der Waals surface area contributed by atoms with Gasteiger partial charge in [-0.15, -0.1) is 0 Å². The maximum absolute atomic E-state index is 6.13. The number of benzene rings is 2. The van der Waals surface area contributed by atoms with Crippen molar-refractivity contribution in [3.63, 3.8) is 0 Å². The lowest BCUT2D eigenvalue weighted by Crippen LogP contribution is -2.57. The molecule has 2 N–H and O–H groups in total. The first-order chi connectivity index (χ1) is 11.3. The van der Waals surface area contributed by atoms with Crippen LogP contribution in [0.25, 0.3) is 10.8 Å². The number of fused-ring (bicyclic) bond motifs is 1. The molecule has 1 saturated heterocycles. The summed E-state index contributed by atoms with van der Waals surface area (Å²) in [6, 6.07) is 12.0. The van der Waals surface area contributed by atoms with E-state index in [1.54, 1.807) is 0 Å². The van der Waals surface area contributed by atoms with E-state index in [4.69, 9.17) is 15.2 Å². The molecule has 130 valence electrons. The van der Waals surface area contributed by atoms with Gasteiger partial charge in [-0.05, 0) is 39.8 Å². The molecule has 0 radical (unpaired) electrons. The highest BCUT2D eigenvalue weighted by atomic mass is 16.5. The number of hydrogen-bond acceptors (Lipinski definition) is 4. The summed E-state index contributed by atoms with van der Waals surface area (Å²) in [6.45, 7) is 12.0. The van der Waals surface area contributed by atoms with Crippen molar-refractivity contribution in [1.29, 1.82) is 0 Å². The molecule has 1 aliphatic rings. The summed E-state index contributed by atoms with van der Waals surface area (Å²) < 4.78 is 12.2. The lowest BCUT2D eigenvalue weighted by Gasteiger charge is -2.47. The predicted octanol–water partition coefficient (Wildman–Crippen LogP) is 3.69. The van der Waals surface area contributed by atoms with Gasteiger partial charge >= 0.3 is 0 Å². The Kier molecular flexibility index (Phi) is 4.45. The number of anilines is 1. The first-order valence-corrected chi connectivity index (χ1v) is 8.58. The van der Waals surface area contributed by atoms with Crippen LogP contribution in [0.3, 0.4) is 0 Å². The molecule has 24 heavy (non-hydrogen) atoms. The van der Waals surface area contributed by atoms with E-state index in [0.717, 1.165) is 41.8 Å². The van der Waals surface area contributed by atoms with Crippen molar-refractivity contribution in [1.82, 2.24) is 4.90 Å². The number of nitrogen functional groups attached to an aromatic ring is 1. The molecule has 1 aliphatic heterocycles. The van der Waals surface area contributed by atoms with Crippen LogP contribution in [0.4, 0.5) is 5.69 Å². The molecule has 1 heterocycles. The zero-order valence-electron chi connectivity index (χ0n) is 15.1. The van der Waals surface area contributed by atoms with Gasteiger partial charge in [-0.3, -0.25) is 4.90 Å². The fraction of sp³-hybridized carbons (Fsp3) is 0.500. The third-order valence-electron chi connectivity index (χ3n) is 4.34. The lowest BCUT2D eigenvalue weighted by molar-refractivity contribution is -0.181. The molecule has 0 aliphatic carbocycles. The average molecular weight is 328 g/mol. The second-order valence-corrected chi connectivity index (χ2v) is 7.88. The van der Waals surface area contributed by atoms with Crippen LogP contribution in [0.2, 0.25) is 0 Å². The summed E-state index contributed by atoms with van der Waals surface area (Å²) in [5.41, 5.74) is 6.58. The third-order valence-corrected chi connectivity index (χ3v) is 4.34. The molecule has 0 unspecified atom stereocenters. The minimum atomic E-state index is -0.129. The summed E-state index contributed by atoms with van der Waals surface area (Å²) in [6.07, 6.45) is 0. The molecule has 0 saturated carbocycles. The van der Waals surface area contributed by atoms with E-state index in [1.165, 1.54) is 0 Å². The molecule has 0 bridgehead atoms. The van der Waals surface area contributed by atoms with Crippen molar-refractivity contribution in [2.75, 3.05) is 32.0 Å². The lowest BCUT2D eigenvalue weighted by atomic mass is 9.99. The van der Waals surface area contributed by atoms with E-state index < -0.39 is 0 Å². The number of nitrogens with two attached hydrogens (primary N) is 1. The first-order valence-electron chi connectivity index (χ1n) is 8.58. The van der Waals surface area contributed by atoms with Crippen LogP contribution in [0, 0.1) is 0 Å². The third kappa shape index (κ3) is 3.82. The fourth-order valence-electron chi connectivity index (χ4n) is 3.81. The number of nitrogens with zero attached hydrogens (tertiary/aromatic N) is 1. The minimum absolute atomic E-state index is 0.129. The molecule has 4 nitrogen and oxygen atoms in total. The van der Waals surface area contributed by atoms with Crippen LogP contribution in [0.15, 0.2) is 36.4 Å². The molecule has 4 heteroatoms. The SMILES string of the molecule is CC1(C)CN(CCOc2ccc(N)c3ccccc23)CC(C)(C)O1. The maximum Gasteiger partial charge on any atom is 0.127 e. The molecule has 2 aromatic rings. The number of ether oxygens (including phenoxy) is 2. The highest BCUT2D eigenvalue weighted by Crippen LogP contribution is 2.30. The molecular formula is C20H28N2O2. The molecule has 2 aromatic carbocycles. The van der Waals surface area contributed by atoms with E-state index in [1.807, 2.05) is 30.3 Å². The number of hydrogen-bond donors (Lipinski definition) is 1. The highest BCUT2D eigenvalue weighted by Gasteiger charge is 2.37. The monoisotopic (exact) mass is 328 g/mol. The Labute approximate surface area is 144 Å². The normalized spacial score (nSPS) is 20.2. The van der Waals surface area contributed by atoms with Crippen molar-refractivity contribution in [3.8, 4) is 5.75 Å². The molecule has 0 atom stereocenters. The van der Waals surface area contributed by atoms with Crippen molar-refractivity contribution in [2.45, 2.75) is 38.9 Å². The molecular weight excluding hydrogens is 300 g/mol. The maximum atomic E-state index is 6.13. The summed E-state index contributed by atoms with van der Waals surface area (Å²) >= 11 is 0. The van der Waals surface area contributed by atoms with Gasteiger partial charge in [0.2, 0.25) is 0 Å². The Morgan fingerprint density at radius 1 is 1.00 bits per heavy atom. The second-order valence-electron chi connectivity index (χ2n) is 7.88. The van der Waals surface area contributed by atoms with Crippen molar-refractivity contribution >= 4 is 16.5 Å². The van der Waals surface area contributed by atoms with E-state index in [2.05, 4.69) is 38.7 Å². The van der Waals surface area contributed by atoms with Crippen LogP contribution in [-0.4, -0.2) is 42.3 Å². The van der Waals surface area contributed by atoms with Crippen LogP contribution in [0.5, 0.6) is 5.75 Å². The van der Waals surface area contributed by atoms with Crippen LogP contribution in [-0.2, 0) is 4.74 Å². The van der Waals surface area contributed by atoms with Crippen LogP contribution >= 0.6 is 0 Å². The van der Waals surface area contributed by atoms with Gasteiger partial charge in [0.1, 0.15) is 12.4 Å². The Bertz CT molecular complexity index is 709. The summed E-state index contributed by atoms with van der Waals surface area (Å²) in [7, 11) is 0. The van der Waals surface area contributed by atoms with Gasteiger partial charge < -0.3 is 15.2 Å². The average Bonchev–Trinajstić information content (AvgIpc) is 2.47. The quantitative estimate of drug-likeness (QED) is 0.870. The highest BCUT2D eigenvalue weighted by molar-refractivity contribution is 5.96. The van der Waals surface area contributed by atoms with Gasteiger partial charge in [-0.2, -0.15) is 0 Å². The van der Waals surface area contributed by atoms with Crippen LogP contribution < -0.4 is 10.5 Å². The van der Waals surface area contributed by atoms with E-state index in [9.17, 15) is 0 Å². The van der Waals surface area contributed by atoms with Gasteiger partial charge in [-0.1, -0.05) is 24.3 Å². The Hall–Kier alpha value is -1.78. The van der Waals surface area contributed by atoms with Crippen molar-refractivity contribution in [2.24, 2.45) is 0 Å². The molecule has 0 aromatic heterocycles. The zero-order chi connectivity index (χ0) is 17.4. The van der Waals surface area contributed by atoms with E-state index in [-0.39, 0.29) is 11.2 Å². The topological polar surface area (TPSA) is 47.7 Å². The molecule has 0 spiro atoms. The van der Waals surface area contributed by atoms with Gasteiger partial charge in [0, 0.05) is 36.1 Å². The molecule has 3 rings (SSSR count). The van der Waals surface area contributed by atoms with Crippen LogP contribution in [0.1, 0.15) is 27.7 Å². The minimum Gasteiger partial charge on any atom is -0.492 e. The predicted molar refractivity (Wildman–Crippen MR) is 99.5 cm³/mol. The van der Waals surface area contributed by atoms with E-state index in [0.29, 0.717) is 6.61 Å². The standard InChI is InChI=1S/C20H28N2O2/c1-19(2)13-22(14-20(3,4)24-19)11-12-23-18-10-9-17(21)15-7-5-6-8-16(15)18/h5-10H,11-14,21H2,1-4H3. The van der Waals surface area contributed by atoms with Gasteiger partial charge in [0.05, 0.1) is 11.2 Å². The first kappa shape index (κ1) is 17.1. The fourth-order valence-corrected chi connectivity index (χ4v) is 3.81. The van der Waals surface area contributed by atoms with Crippen molar-refractivity contribution < 1.29 is 9.47 Å². The van der Waals surface area contributed by atoms with Gasteiger partial charge in [-0.25, -0.2) is 0 Å². The molecule has 0 amide bonds. The smallest absolute Gasteiger partial charge is 0.127 e. The summed E-state index contributed by atoms with van der Waals surface area (Å²) in [5.74, 6) is 0.895.